The zero-order valence-electron chi connectivity index (χ0n) is 14.4. The molecule has 0 saturated heterocycles. The first-order valence-electron chi connectivity index (χ1n) is 8.06. The van der Waals surface area contributed by atoms with Crippen molar-refractivity contribution in [3.8, 4) is 17.6 Å². The van der Waals surface area contributed by atoms with Crippen LogP contribution in [0.15, 0.2) is 47.8 Å². The summed E-state index contributed by atoms with van der Waals surface area (Å²) in [7, 11) is 0. The number of hydrogen-bond acceptors (Lipinski definition) is 6. The van der Waals surface area contributed by atoms with E-state index >= 15 is 0 Å². The first kappa shape index (κ1) is 18.9. The number of esters is 1. The molecule has 0 unspecified atom stereocenters. The van der Waals surface area contributed by atoms with Gasteiger partial charge in [-0.15, -0.1) is 11.3 Å². The topological polar surface area (TPSA) is 72.2 Å². The molecule has 1 aromatic heterocycles. The second-order valence-corrected chi connectivity index (χ2v) is 7.09. The average molecular weight is 399 g/mol. The third kappa shape index (κ3) is 5.30. The first-order valence-corrected chi connectivity index (χ1v) is 9.32. The lowest BCUT2D eigenvalue weighted by molar-refractivity contribution is -0.133. The van der Waals surface area contributed by atoms with E-state index in [0.717, 1.165) is 10.8 Å². The van der Waals surface area contributed by atoms with E-state index in [1.807, 2.05) is 37.3 Å². The maximum Gasteiger partial charge on any atom is 0.317 e. The van der Waals surface area contributed by atoms with Crippen LogP contribution in [-0.2, 0) is 17.8 Å². The Morgan fingerprint density at radius 1 is 1.26 bits per heavy atom. The summed E-state index contributed by atoms with van der Waals surface area (Å²) in [5, 5.41) is 11.6. The van der Waals surface area contributed by atoms with Crippen LogP contribution in [0.1, 0.15) is 21.8 Å². The van der Waals surface area contributed by atoms with Crippen molar-refractivity contribution in [2.24, 2.45) is 0 Å². The number of thiazole rings is 1. The van der Waals surface area contributed by atoms with Crippen molar-refractivity contribution in [2.45, 2.75) is 20.0 Å². The van der Waals surface area contributed by atoms with Crippen LogP contribution in [0, 0.1) is 18.3 Å². The maximum atomic E-state index is 12.1. The van der Waals surface area contributed by atoms with Gasteiger partial charge in [-0.3, -0.25) is 4.79 Å². The van der Waals surface area contributed by atoms with Gasteiger partial charge in [0, 0.05) is 5.38 Å². The highest BCUT2D eigenvalue weighted by atomic mass is 35.5. The van der Waals surface area contributed by atoms with Crippen molar-refractivity contribution in [1.82, 2.24) is 4.98 Å². The maximum absolute atomic E-state index is 12.1. The zero-order chi connectivity index (χ0) is 19.2. The van der Waals surface area contributed by atoms with Crippen LogP contribution in [0.2, 0.25) is 5.02 Å². The van der Waals surface area contributed by atoms with Gasteiger partial charge >= 0.3 is 5.97 Å². The molecule has 0 atom stereocenters. The predicted octanol–water partition coefficient (Wildman–Crippen LogP) is 4.70. The van der Waals surface area contributed by atoms with Crippen molar-refractivity contribution in [2.75, 3.05) is 0 Å². The van der Waals surface area contributed by atoms with Crippen molar-refractivity contribution in [3.05, 3.63) is 74.7 Å². The minimum Gasteiger partial charge on any atom is -0.486 e. The summed E-state index contributed by atoms with van der Waals surface area (Å²) in [6.45, 7) is 2.35. The van der Waals surface area contributed by atoms with Gasteiger partial charge in [-0.1, -0.05) is 29.3 Å². The average Bonchev–Trinajstić information content (AvgIpc) is 3.10. The molecule has 0 fully saturated rings. The van der Waals surface area contributed by atoms with Gasteiger partial charge in [0.1, 0.15) is 23.1 Å². The number of benzene rings is 2. The third-order valence-electron chi connectivity index (χ3n) is 3.59. The summed E-state index contributed by atoms with van der Waals surface area (Å²) < 4.78 is 10.9. The van der Waals surface area contributed by atoms with Crippen LogP contribution in [0.3, 0.4) is 0 Å². The largest absolute Gasteiger partial charge is 0.486 e. The molecule has 0 bridgehead atoms. The lowest BCUT2D eigenvalue weighted by Gasteiger charge is -2.05. The van der Waals surface area contributed by atoms with Crippen LogP contribution in [0.25, 0.3) is 0 Å². The summed E-state index contributed by atoms with van der Waals surface area (Å²) in [4.78, 5) is 16.5. The van der Waals surface area contributed by atoms with E-state index in [1.165, 1.54) is 35.1 Å². The number of carbonyl (C=O) groups excluding carboxylic acids is 1. The summed E-state index contributed by atoms with van der Waals surface area (Å²) >= 11 is 7.43. The van der Waals surface area contributed by atoms with Crippen LogP contribution < -0.4 is 9.47 Å². The fourth-order valence-corrected chi connectivity index (χ4v) is 3.16. The minimum absolute atomic E-state index is 0.0252. The molecule has 0 aliphatic heterocycles. The number of ether oxygens (including phenoxy) is 2. The van der Waals surface area contributed by atoms with E-state index in [9.17, 15) is 4.79 Å². The molecule has 136 valence electrons. The normalized spacial score (nSPS) is 10.3. The molecule has 0 N–H and O–H groups in total. The molecule has 0 aliphatic carbocycles. The lowest BCUT2D eigenvalue weighted by Crippen LogP contribution is -2.12. The molecule has 0 aliphatic rings. The second kappa shape index (κ2) is 8.67. The van der Waals surface area contributed by atoms with Crippen molar-refractivity contribution in [3.63, 3.8) is 0 Å². The van der Waals surface area contributed by atoms with E-state index in [1.54, 1.807) is 5.38 Å². The van der Waals surface area contributed by atoms with Crippen molar-refractivity contribution in [1.29, 1.82) is 5.26 Å². The van der Waals surface area contributed by atoms with Gasteiger partial charge in [-0.2, -0.15) is 5.26 Å². The van der Waals surface area contributed by atoms with Gasteiger partial charge in [0.2, 0.25) is 0 Å². The number of carbonyl (C=O) groups is 1. The molecule has 27 heavy (non-hydrogen) atoms. The van der Waals surface area contributed by atoms with Crippen LogP contribution in [0.4, 0.5) is 0 Å². The minimum atomic E-state index is -0.474. The first-order chi connectivity index (χ1) is 13.0. The van der Waals surface area contributed by atoms with Crippen molar-refractivity contribution < 1.29 is 14.3 Å². The van der Waals surface area contributed by atoms with E-state index in [4.69, 9.17) is 26.3 Å². The molecule has 0 saturated carbocycles. The Balaban J connectivity index is 1.54. The standard InChI is InChI=1S/C20H15ClN2O3S/c1-13-2-5-16(6-3-13)25-11-19-23-15(12-27-19)9-20(24)26-18-7-4-14(10-22)8-17(18)21/h2-8,12H,9,11H2,1H3. The molecular weight excluding hydrogens is 384 g/mol. The molecule has 3 aromatic rings. The zero-order valence-corrected chi connectivity index (χ0v) is 16.0. The Morgan fingerprint density at radius 2 is 2.04 bits per heavy atom. The van der Waals surface area contributed by atoms with Crippen LogP contribution >= 0.6 is 22.9 Å². The molecule has 7 heteroatoms. The number of nitriles is 1. The smallest absolute Gasteiger partial charge is 0.317 e. The summed E-state index contributed by atoms with van der Waals surface area (Å²) in [5.41, 5.74) is 2.18. The highest BCUT2D eigenvalue weighted by molar-refractivity contribution is 7.09. The van der Waals surface area contributed by atoms with Gasteiger partial charge in [-0.25, -0.2) is 4.98 Å². The number of aromatic nitrogens is 1. The molecule has 0 radical (unpaired) electrons. The number of hydrogen-bond donors (Lipinski definition) is 0. The summed E-state index contributed by atoms with van der Waals surface area (Å²) in [6, 6.07) is 14.2. The van der Waals surface area contributed by atoms with Gasteiger partial charge in [0.15, 0.2) is 0 Å². The fraction of sp³-hybridized carbons (Fsp3) is 0.150. The van der Waals surface area contributed by atoms with Crippen LogP contribution in [0.5, 0.6) is 11.5 Å². The molecule has 0 amide bonds. The monoisotopic (exact) mass is 398 g/mol. The Hall–Kier alpha value is -2.88. The summed E-state index contributed by atoms with van der Waals surface area (Å²) in [5.74, 6) is 0.518. The molecular formula is C20H15ClN2O3S. The SMILES string of the molecule is Cc1ccc(OCc2nc(CC(=O)Oc3ccc(C#N)cc3Cl)cs2)cc1. The Kier molecular flexibility index (Phi) is 6.07. The number of nitrogens with zero attached hydrogens (tertiary/aromatic N) is 2. The Bertz CT molecular complexity index is 993. The molecule has 2 aromatic carbocycles. The van der Waals surface area contributed by atoms with Crippen molar-refractivity contribution >= 4 is 28.9 Å². The van der Waals surface area contributed by atoms with E-state index in [-0.39, 0.29) is 17.2 Å². The van der Waals surface area contributed by atoms with Gasteiger partial charge in [0.05, 0.1) is 28.8 Å². The molecule has 1 heterocycles. The van der Waals surface area contributed by atoms with Gasteiger partial charge in [-0.05, 0) is 37.3 Å². The lowest BCUT2D eigenvalue weighted by atomic mass is 10.2. The molecule has 3 rings (SSSR count). The van der Waals surface area contributed by atoms with E-state index in [2.05, 4.69) is 4.98 Å². The van der Waals surface area contributed by atoms with Gasteiger partial charge < -0.3 is 9.47 Å². The fourth-order valence-electron chi connectivity index (χ4n) is 2.24. The Labute approximate surface area is 165 Å². The highest BCUT2D eigenvalue weighted by Gasteiger charge is 2.13. The van der Waals surface area contributed by atoms with E-state index < -0.39 is 5.97 Å². The van der Waals surface area contributed by atoms with Crippen LogP contribution in [-0.4, -0.2) is 11.0 Å². The molecule has 0 spiro atoms. The summed E-state index contributed by atoms with van der Waals surface area (Å²) in [6.07, 6.45) is 0.0252. The van der Waals surface area contributed by atoms with Gasteiger partial charge in [0.25, 0.3) is 0 Å². The number of halogens is 1. The second-order valence-electron chi connectivity index (χ2n) is 5.74. The highest BCUT2D eigenvalue weighted by Crippen LogP contribution is 2.25. The number of rotatable bonds is 6. The van der Waals surface area contributed by atoms with E-state index in [0.29, 0.717) is 17.9 Å². The predicted molar refractivity (Wildman–Crippen MR) is 103 cm³/mol. The Morgan fingerprint density at radius 3 is 2.74 bits per heavy atom. The third-order valence-corrected chi connectivity index (χ3v) is 4.76. The molecule has 5 nitrogen and oxygen atoms in total. The number of aryl methyl sites for hydroxylation is 1. The quantitative estimate of drug-likeness (QED) is 0.444.